The normalized spacial score (nSPS) is 14.8. The molecule has 2 aromatic carbocycles. The van der Waals surface area contributed by atoms with E-state index in [2.05, 4.69) is 33.4 Å². The molecule has 0 unspecified atom stereocenters. The van der Waals surface area contributed by atoms with Gasteiger partial charge >= 0.3 is 5.76 Å². The van der Waals surface area contributed by atoms with Crippen LogP contribution in [0.15, 0.2) is 67.6 Å². The number of likely N-dealkylation sites (tertiary alicyclic amines) is 1. The lowest BCUT2D eigenvalue weighted by molar-refractivity contribution is -0.132. The molecule has 5 rings (SSSR count). The van der Waals surface area contributed by atoms with Crippen LogP contribution in [-0.2, 0) is 11.3 Å². The summed E-state index contributed by atoms with van der Waals surface area (Å²) in [5, 5.41) is 3.25. The van der Waals surface area contributed by atoms with E-state index in [-0.39, 0.29) is 5.91 Å². The third kappa shape index (κ3) is 4.29. The molecular weight excluding hydrogens is 490 g/mol. The summed E-state index contributed by atoms with van der Waals surface area (Å²) in [5.74, 6) is 0.0442. The molecule has 32 heavy (non-hydrogen) atoms. The topological polar surface area (TPSA) is 68.3 Å². The molecule has 0 N–H and O–H groups in total. The zero-order valence-corrected chi connectivity index (χ0v) is 19.8. The molecule has 1 fully saturated rings. The number of fused-ring (bicyclic) bond motifs is 1. The Bertz CT molecular complexity index is 1320. The van der Waals surface area contributed by atoms with E-state index in [1.54, 1.807) is 22.0 Å². The maximum Gasteiger partial charge on any atom is 0.419 e. The van der Waals surface area contributed by atoms with Gasteiger partial charge < -0.3 is 9.32 Å². The minimum atomic E-state index is -0.414. The predicted octanol–water partition coefficient (Wildman–Crippen LogP) is 5.28. The van der Waals surface area contributed by atoms with E-state index >= 15 is 0 Å². The van der Waals surface area contributed by atoms with E-state index in [9.17, 15) is 9.59 Å². The van der Waals surface area contributed by atoms with E-state index in [0.717, 1.165) is 52.2 Å². The van der Waals surface area contributed by atoms with E-state index in [0.29, 0.717) is 24.5 Å². The Balaban J connectivity index is 1.18. The highest BCUT2D eigenvalue weighted by Crippen LogP contribution is 2.33. The molecule has 1 aliphatic rings. The molecule has 4 aromatic rings. The van der Waals surface area contributed by atoms with Gasteiger partial charge in [-0.3, -0.25) is 9.36 Å². The van der Waals surface area contributed by atoms with Crippen molar-refractivity contribution in [3.05, 3.63) is 73.9 Å². The number of aromatic nitrogens is 2. The zero-order valence-electron chi connectivity index (χ0n) is 17.4. The van der Waals surface area contributed by atoms with Crippen LogP contribution in [0.3, 0.4) is 0 Å². The predicted molar refractivity (Wildman–Crippen MR) is 129 cm³/mol. The van der Waals surface area contributed by atoms with Gasteiger partial charge in [0.15, 0.2) is 5.58 Å². The van der Waals surface area contributed by atoms with Crippen LogP contribution in [-0.4, -0.2) is 33.4 Å². The molecule has 0 bridgehead atoms. The molecule has 0 radical (unpaired) electrons. The third-order valence-electron chi connectivity index (χ3n) is 5.96. The molecule has 8 heteroatoms. The summed E-state index contributed by atoms with van der Waals surface area (Å²) in [6.45, 7) is 1.77. The highest BCUT2D eigenvalue weighted by Gasteiger charge is 2.26. The first-order valence-electron chi connectivity index (χ1n) is 10.7. The van der Waals surface area contributed by atoms with Crippen molar-refractivity contribution in [2.24, 2.45) is 0 Å². The van der Waals surface area contributed by atoms with Crippen molar-refractivity contribution in [3.8, 4) is 11.3 Å². The number of hydrogen-bond acceptors (Lipinski definition) is 5. The van der Waals surface area contributed by atoms with Crippen molar-refractivity contribution < 1.29 is 9.21 Å². The molecule has 164 valence electrons. The van der Waals surface area contributed by atoms with Crippen molar-refractivity contribution in [2.45, 2.75) is 31.7 Å². The van der Waals surface area contributed by atoms with Gasteiger partial charge in [-0.25, -0.2) is 9.78 Å². The number of nitrogens with zero attached hydrogens (tertiary/aromatic N) is 3. The number of piperidine rings is 1. The molecule has 1 aliphatic heterocycles. The summed E-state index contributed by atoms with van der Waals surface area (Å²) in [6.07, 6.45) is 2.11. The smallest absolute Gasteiger partial charge is 0.408 e. The van der Waals surface area contributed by atoms with Crippen LogP contribution in [0.4, 0.5) is 0 Å². The lowest BCUT2D eigenvalue weighted by atomic mass is 9.97. The SMILES string of the molecule is O=C(CCn1c(=O)oc2ccccc21)N1CCC(c2nc(-c3cccc(Br)c3)cs2)CC1. The molecule has 3 heterocycles. The van der Waals surface area contributed by atoms with E-state index in [4.69, 9.17) is 9.40 Å². The minimum Gasteiger partial charge on any atom is -0.408 e. The van der Waals surface area contributed by atoms with Gasteiger partial charge in [-0.15, -0.1) is 11.3 Å². The molecular formula is C24H22BrN3O3S. The second kappa shape index (κ2) is 9.03. The number of thiazole rings is 1. The minimum absolute atomic E-state index is 0.0783. The number of aryl methyl sites for hydroxylation is 1. The van der Waals surface area contributed by atoms with Crippen LogP contribution in [0.5, 0.6) is 0 Å². The number of amides is 1. The Hall–Kier alpha value is -2.71. The molecule has 0 spiro atoms. The van der Waals surface area contributed by atoms with Crippen LogP contribution >= 0.6 is 27.3 Å². The average Bonchev–Trinajstić information content (AvgIpc) is 3.42. The van der Waals surface area contributed by atoms with Gasteiger partial charge in [0.2, 0.25) is 5.91 Å². The zero-order chi connectivity index (χ0) is 22.1. The molecule has 1 amide bonds. The highest BCUT2D eigenvalue weighted by molar-refractivity contribution is 9.10. The first kappa shape index (κ1) is 21.2. The first-order chi connectivity index (χ1) is 15.6. The number of carbonyl (C=O) groups excluding carboxylic acids is 1. The fourth-order valence-electron chi connectivity index (χ4n) is 4.22. The van der Waals surface area contributed by atoms with Crippen LogP contribution < -0.4 is 5.76 Å². The maximum absolute atomic E-state index is 12.8. The average molecular weight is 512 g/mol. The summed E-state index contributed by atoms with van der Waals surface area (Å²) in [4.78, 5) is 31.7. The molecule has 1 saturated heterocycles. The molecule has 2 aromatic heterocycles. The second-order valence-electron chi connectivity index (χ2n) is 7.97. The molecule has 0 aliphatic carbocycles. The Morgan fingerprint density at radius 1 is 1.16 bits per heavy atom. The lowest BCUT2D eigenvalue weighted by Crippen LogP contribution is -2.38. The van der Waals surface area contributed by atoms with Gasteiger partial charge in [-0.2, -0.15) is 0 Å². The quantitative estimate of drug-likeness (QED) is 0.365. The van der Waals surface area contributed by atoms with Gasteiger partial charge in [0.25, 0.3) is 0 Å². The van der Waals surface area contributed by atoms with Crippen LogP contribution in [0.2, 0.25) is 0 Å². The Morgan fingerprint density at radius 2 is 1.97 bits per heavy atom. The van der Waals surface area contributed by atoms with E-state index in [1.165, 1.54) is 0 Å². The largest absolute Gasteiger partial charge is 0.419 e. The van der Waals surface area contributed by atoms with Crippen LogP contribution in [0.25, 0.3) is 22.4 Å². The summed E-state index contributed by atoms with van der Waals surface area (Å²) < 4.78 is 7.84. The summed E-state index contributed by atoms with van der Waals surface area (Å²) in [5.41, 5.74) is 3.39. The number of benzene rings is 2. The number of hydrogen-bond donors (Lipinski definition) is 0. The van der Waals surface area contributed by atoms with Gasteiger partial charge in [0, 0.05) is 47.4 Å². The fourth-order valence-corrected chi connectivity index (χ4v) is 5.62. The Labute approximate surface area is 197 Å². The highest BCUT2D eigenvalue weighted by atomic mass is 79.9. The standard InChI is InChI=1S/C24H22BrN3O3S/c25-18-5-3-4-17(14-18)19-15-32-23(26-19)16-8-11-27(12-9-16)22(29)10-13-28-20-6-1-2-7-21(20)31-24(28)30/h1-7,14-16H,8-13H2. The van der Waals surface area contributed by atoms with Crippen molar-refractivity contribution in [3.63, 3.8) is 0 Å². The van der Waals surface area contributed by atoms with E-state index in [1.807, 2.05) is 35.2 Å². The summed E-state index contributed by atoms with van der Waals surface area (Å²) in [6, 6.07) is 15.5. The number of oxazole rings is 1. The van der Waals surface area contributed by atoms with Crippen LogP contribution in [0, 0.1) is 0 Å². The summed E-state index contributed by atoms with van der Waals surface area (Å²) in [7, 11) is 0. The molecule has 0 saturated carbocycles. The van der Waals surface area contributed by atoms with Crippen molar-refractivity contribution in [1.82, 2.24) is 14.5 Å². The fraction of sp³-hybridized carbons (Fsp3) is 0.292. The maximum atomic E-state index is 12.8. The second-order valence-corrected chi connectivity index (χ2v) is 9.78. The van der Waals surface area contributed by atoms with Crippen molar-refractivity contribution in [1.29, 1.82) is 0 Å². The molecule has 0 atom stereocenters. The monoisotopic (exact) mass is 511 g/mol. The number of para-hydroxylation sites is 2. The molecule has 6 nitrogen and oxygen atoms in total. The third-order valence-corrected chi connectivity index (χ3v) is 7.46. The first-order valence-corrected chi connectivity index (χ1v) is 12.3. The lowest BCUT2D eigenvalue weighted by Gasteiger charge is -2.31. The number of rotatable bonds is 5. The Morgan fingerprint density at radius 3 is 2.78 bits per heavy atom. The van der Waals surface area contributed by atoms with Crippen LogP contribution in [0.1, 0.15) is 30.2 Å². The van der Waals surface area contributed by atoms with E-state index < -0.39 is 5.76 Å². The van der Waals surface area contributed by atoms with Crippen molar-refractivity contribution in [2.75, 3.05) is 13.1 Å². The summed E-state index contributed by atoms with van der Waals surface area (Å²) >= 11 is 5.22. The van der Waals surface area contributed by atoms with Gasteiger partial charge in [-0.05, 0) is 37.1 Å². The van der Waals surface area contributed by atoms with Gasteiger partial charge in [0.05, 0.1) is 16.2 Å². The van der Waals surface area contributed by atoms with Gasteiger partial charge in [0.1, 0.15) is 0 Å². The van der Waals surface area contributed by atoms with Crippen molar-refractivity contribution >= 4 is 44.3 Å². The number of halogens is 1. The number of carbonyl (C=O) groups is 1. The van der Waals surface area contributed by atoms with Gasteiger partial charge in [-0.1, -0.05) is 40.2 Å². The Kier molecular flexibility index (Phi) is 5.97.